The van der Waals surface area contributed by atoms with Gasteiger partial charge in [-0.1, -0.05) is 37.3 Å². The molecule has 0 fully saturated rings. The van der Waals surface area contributed by atoms with Crippen molar-refractivity contribution in [2.24, 2.45) is 0 Å². The lowest BCUT2D eigenvalue weighted by molar-refractivity contribution is 0.581. The minimum absolute atomic E-state index is 0.315. The van der Waals surface area contributed by atoms with Gasteiger partial charge in [0.25, 0.3) is 0 Å². The lowest BCUT2D eigenvalue weighted by Gasteiger charge is -2.31. The Labute approximate surface area is 150 Å². The fraction of sp³-hybridized carbons (Fsp3) is 0.400. The third-order valence-corrected chi connectivity index (χ3v) is 6.09. The normalized spacial score (nSPS) is 14.4. The number of hydrogen-bond acceptors (Lipinski definition) is 3. The number of nitrogens with zero attached hydrogens (tertiary/aromatic N) is 1. The zero-order chi connectivity index (χ0) is 17.7. The zero-order valence-corrected chi connectivity index (χ0v) is 15.6. The molecule has 134 valence electrons. The molecule has 0 aromatic heterocycles. The number of fused-ring (bicyclic) bond motifs is 1. The fourth-order valence-corrected chi connectivity index (χ4v) is 4.45. The molecule has 0 saturated heterocycles. The molecule has 0 atom stereocenters. The SMILES string of the molecule is CCCN1CCCc2cc(CCNS(=O)(=O)c3ccccc3)ccc21. The molecule has 0 aliphatic carbocycles. The van der Waals surface area contributed by atoms with Gasteiger partial charge in [0.05, 0.1) is 4.90 Å². The molecule has 2 aromatic carbocycles. The molecule has 25 heavy (non-hydrogen) atoms. The first-order chi connectivity index (χ1) is 12.1. The quantitative estimate of drug-likeness (QED) is 0.825. The topological polar surface area (TPSA) is 49.4 Å². The van der Waals surface area contributed by atoms with Crippen LogP contribution < -0.4 is 9.62 Å². The second kappa shape index (κ2) is 8.02. The molecular weight excluding hydrogens is 332 g/mol. The van der Waals surface area contributed by atoms with Crippen molar-refractivity contribution in [3.8, 4) is 0 Å². The van der Waals surface area contributed by atoms with Gasteiger partial charge in [0, 0.05) is 25.3 Å². The Bertz CT molecular complexity index is 804. The van der Waals surface area contributed by atoms with Crippen molar-refractivity contribution >= 4 is 15.7 Å². The highest BCUT2D eigenvalue weighted by Gasteiger charge is 2.17. The molecule has 4 nitrogen and oxygen atoms in total. The third kappa shape index (κ3) is 4.41. The van der Waals surface area contributed by atoms with Crippen LogP contribution in [0.25, 0.3) is 0 Å². The smallest absolute Gasteiger partial charge is 0.240 e. The van der Waals surface area contributed by atoms with E-state index in [1.807, 2.05) is 6.07 Å². The van der Waals surface area contributed by atoms with Gasteiger partial charge in [0.1, 0.15) is 0 Å². The summed E-state index contributed by atoms with van der Waals surface area (Å²) in [5, 5.41) is 0. The molecule has 0 bridgehead atoms. The van der Waals surface area contributed by atoms with Gasteiger partial charge >= 0.3 is 0 Å². The highest BCUT2D eigenvalue weighted by atomic mass is 32.2. The fourth-order valence-electron chi connectivity index (χ4n) is 3.40. The summed E-state index contributed by atoms with van der Waals surface area (Å²) in [7, 11) is -3.42. The van der Waals surface area contributed by atoms with Gasteiger partial charge in [0.2, 0.25) is 10.0 Å². The van der Waals surface area contributed by atoms with E-state index >= 15 is 0 Å². The number of anilines is 1. The minimum atomic E-state index is -3.42. The Morgan fingerprint density at radius 3 is 2.68 bits per heavy atom. The van der Waals surface area contributed by atoms with Gasteiger partial charge in [0.15, 0.2) is 0 Å². The minimum Gasteiger partial charge on any atom is -0.371 e. The lowest BCUT2D eigenvalue weighted by atomic mass is 9.98. The number of hydrogen-bond donors (Lipinski definition) is 1. The summed E-state index contributed by atoms with van der Waals surface area (Å²) in [6.07, 6.45) is 4.16. The van der Waals surface area contributed by atoms with Crippen molar-refractivity contribution < 1.29 is 8.42 Å². The van der Waals surface area contributed by atoms with Gasteiger partial charge in [-0.25, -0.2) is 13.1 Å². The van der Waals surface area contributed by atoms with E-state index in [1.165, 1.54) is 23.2 Å². The number of nitrogens with one attached hydrogen (secondary N) is 1. The summed E-state index contributed by atoms with van der Waals surface area (Å²) < 4.78 is 27.2. The van der Waals surface area contributed by atoms with Crippen molar-refractivity contribution in [2.75, 3.05) is 24.5 Å². The van der Waals surface area contributed by atoms with Crippen LogP contribution in [-0.2, 0) is 22.9 Å². The summed E-state index contributed by atoms with van der Waals surface area (Å²) in [5.41, 5.74) is 3.93. The summed E-state index contributed by atoms with van der Waals surface area (Å²) >= 11 is 0. The Morgan fingerprint density at radius 1 is 1.12 bits per heavy atom. The average Bonchev–Trinajstić information content (AvgIpc) is 2.63. The van der Waals surface area contributed by atoms with Crippen molar-refractivity contribution in [2.45, 2.75) is 37.5 Å². The predicted molar refractivity (Wildman–Crippen MR) is 103 cm³/mol. The van der Waals surface area contributed by atoms with Gasteiger partial charge in [-0.05, 0) is 55.0 Å². The van der Waals surface area contributed by atoms with E-state index in [4.69, 9.17) is 0 Å². The van der Waals surface area contributed by atoms with Crippen LogP contribution in [0.2, 0.25) is 0 Å². The summed E-state index contributed by atoms with van der Waals surface area (Å²) in [6.45, 7) is 4.86. The molecule has 0 unspecified atom stereocenters. The lowest BCUT2D eigenvalue weighted by Crippen LogP contribution is -2.30. The Morgan fingerprint density at radius 2 is 1.92 bits per heavy atom. The van der Waals surface area contributed by atoms with Gasteiger partial charge in [-0.3, -0.25) is 0 Å². The molecule has 0 radical (unpaired) electrons. The Hall–Kier alpha value is -1.85. The summed E-state index contributed by atoms with van der Waals surface area (Å²) in [6, 6.07) is 15.1. The molecule has 0 spiro atoms. The maximum absolute atomic E-state index is 12.3. The first-order valence-electron chi connectivity index (χ1n) is 9.01. The average molecular weight is 359 g/mol. The van der Waals surface area contributed by atoms with Crippen LogP contribution in [0.4, 0.5) is 5.69 Å². The maximum Gasteiger partial charge on any atom is 0.240 e. The molecule has 1 N–H and O–H groups in total. The largest absolute Gasteiger partial charge is 0.371 e. The van der Waals surface area contributed by atoms with E-state index in [-0.39, 0.29) is 0 Å². The van der Waals surface area contributed by atoms with E-state index in [1.54, 1.807) is 24.3 Å². The number of benzene rings is 2. The third-order valence-electron chi connectivity index (χ3n) is 4.61. The van der Waals surface area contributed by atoms with Gasteiger partial charge in [-0.15, -0.1) is 0 Å². The number of aryl methyl sites for hydroxylation is 1. The molecule has 0 saturated carbocycles. The van der Waals surface area contributed by atoms with Crippen LogP contribution in [0, 0.1) is 0 Å². The van der Waals surface area contributed by atoms with Crippen molar-refractivity contribution in [1.82, 2.24) is 4.72 Å². The van der Waals surface area contributed by atoms with Crippen LogP contribution in [0.5, 0.6) is 0 Å². The highest BCUT2D eigenvalue weighted by Crippen LogP contribution is 2.28. The Kier molecular flexibility index (Phi) is 5.76. The summed E-state index contributed by atoms with van der Waals surface area (Å²) in [4.78, 5) is 2.77. The molecule has 5 heteroatoms. The highest BCUT2D eigenvalue weighted by molar-refractivity contribution is 7.89. The molecule has 1 aliphatic heterocycles. The van der Waals surface area contributed by atoms with Gasteiger partial charge < -0.3 is 4.90 Å². The van der Waals surface area contributed by atoms with E-state index in [9.17, 15) is 8.42 Å². The maximum atomic E-state index is 12.3. The molecule has 0 amide bonds. The molecule has 3 rings (SSSR count). The first kappa shape index (κ1) is 18.0. The molecular formula is C20H26N2O2S. The van der Waals surface area contributed by atoms with E-state index in [0.717, 1.165) is 25.9 Å². The second-order valence-electron chi connectivity index (χ2n) is 6.51. The van der Waals surface area contributed by atoms with E-state index in [0.29, 0.717) is 17.9 Å². The Balaban J connectivity index is 1.63. The molecule has 1 aliphatic rings. The van der Waals surface area contributed by atoms with Gasteiger partial charge in [-0.2, -0.15) is 0 Å². The molecule has 1 heterocycles. The van der Waals surface area contributed by atoms with Crippen LogP contribution in [0.3, 0.4) is 0 Å². The second-order valence-corrected chi connectivity index (χ2v) is 8.28. The predicted octanol–water partition coefficient (Wildman–Crippen LogP) is 3.37. The number of sulfonamides is 1. The zero-order valence-electron chi connectivity index (χ0n) is 14.7. The van der Waals surface area contributed by atoms with Crippen LogP contribution in [0.15, 0.2) is 53.4 Å². The molecule has 2 aromatic rings. The van der Waals surface area contributed by atoms with Crippen molar-refractivity contribution in [3.05, 3.63) is 59.7 Å². The van der Waals surface area contributed by atoms with Crippen molar-refractivity contribution in [3.63, 3.8) is 0 Å². The standard InChI is InChI=1S/C20H26N2O2S/c1-2-14-22-15-6-7-18-16-17(10-11-20(18)22)12-13-21-25(23,24)19-8-4-3-5-9-19/h3-5,8-11,16,21H,2,6-7,12-15H2,1H3. The van der Waals surface area contributed by atoms with Crippen LogP contribution >= 0.6 is 0 Å². The van der Waals surface area contributed by atoms with E-state index in [2.05, 4.69) is 34.7 Å². The summed E-state index contributed by atoms with van der Waals surface area (Å²) in [5.74, 6) is 0. The van der Waals surface area contributed by atoms with Crippen LogP contribution in [-0.4, -0.2) is 28.1 Å². The monoisotopic (exact) mass is 358 g/mol. The number of rotatable bonds is 7. The van der Waals surface area contributed by atoms with Crippen LogP contribution in [0.1, 0.15) is 30.9 Å². The first-order valence-corrected chi connectivity index (χ1v) is 10.5. The van der Waals surface area contributed by atoms with E-state index < -0.39 is 10.0 Å². The van der Waals surface area contributed by atoms with Crippen molar-refractivity contribution in [1.29, 1.82) is 0 Å².